The zero-order chi connectivity index (χ0) is 15.4. The molecule has 0 fully saturated rings. The number of hydrogen-bond donors (Lipinski definition) is 5. The van der Waals surface area contributed by atoms with Crippen LogP contribution in [0.1, 0.15) is 13.3 Å². The van der Waals surface area contributed by atoms with Crippen molar-refractivity contribution in [3.05, 3.63) is 23.2 Å². The lowest BCUT2D eigenvalue weighted by Crippen LogP contribution is -2.47. The fraction of sp³-hybridized carbons (Fsp3) is 0.417. The van der Waals surface area contributed by atoms with Gasteiger partial charge in [-0.2, -0.15) is 0 Å². The molecule has 110 valence electrons. The van der Waals surface area contributed by atoms with Gasteiger partial charge in [0.1, 0.15) is 6.04 Å². The van der Waals surface area contributed by atoms with Crippen molar-refractivity contribution < 1.29 is 29.7 Å². The zero-order valence-corrected chi connectivity index (χ0v) is 10.8. The van der Waals surface area contributed by atoms with Gasteiger partial charge >= 0.3 is 0 Å². The monoisotopic (exact) mass is 284 g/mol. The maximum Gasteiger partial charge on any atom is 0.239 e. The molecule has 0 aromatic heterocycles. The Kier molecular flexibility index (Phi) is 5.00. The molecule has 0 aliphatic heterocycles. The topological polar surface area (TPSA) is 150 Å². The maximum atomic E-state index is 11.5. The molecular formula is C12H16N2O6. The Morgan fingerprint density at radius 2 is 2.00 bits per heavy atom. The summed E-state index contributed by atoms with van der Waals surface area (Å²) < 4.78 is 0. The molecule has 8 nitrogen and oxygen atoms in total. The summed E-state index contributed by atoms with van der Waals surface area (Å²) in [6.07, 6.45) is -0.553. The van der Waals surface area contributed by atoms with E-state index in [0.29, 0.717) is 6.08 Å². The number of allylic oxidation sites excluding steroid dienone is 2. The smallest absolute Gasteiger partial charge is 0.239 e. The first kappa shape index (κ1) is 15.9. The van der Waals surface area contributed by atoms with Gasteiger partial charge in [0.25, 0.3) is 0 Å². The lowest BCUT2D eigenvalue weighted by atomic mass is 9.97. The van der Waals surface area contributed by atoms with E-state index in [9.17, 15) is 24.6 Å². The Morgan fingerprint density at radius 3 is 2.55 bits per heavy atom. The summed E-state index contributed by atoms with van der Waals surface area (Å²) in [7, 11) is 0. The second-order valence-corrected chi connectivity index (χ2v) is 4.36. The van der Waals surface area contributed by atoms with E-state index >= 15 is 0 Å². The highest BCUT2D eigenvalue weighted by Gasteiger charge is 2.28. The summed E-state index contributed by atoms with van der Waals surface area (Å²) in [4.78, 5) is 34.2. The minimum atomic E-state index is -1.12. The average molecular weight is 284 g/mol. The molecule has 0 aromatic rings. The summed E-state index contributed by atoms with van der Waals surface area (Å²) in [5, 5.41) is 30.1. The molecule has 0 radical (unpaired) electrons. The van der Waals surface area contributed by atoms with E-state index in [4.69, 9.17) is 10.8 Å². The van der Waals surface area contributed by atoms with E-state index in [0.717, 1.165) is 0 Å². The van der Waals surface area contributed by atoms with Crippen LogP contribution >= 0.6 is 0 Å². The maximum absolute atomic E-state index is 11.5. The van der Waals surface area contributed by atoms with Crippen molar-refractivity contribution in [1.29, 1.82) is 0 Å². The Labute approximate surface area is 114 Å². The van der Waals surface area contributed by atoms with Crippen LogP contribution in [-0.4, -0.2) is 51.5 Å². The highest BCUT2D eigenvalue weighted by Crippen LogP contribution is 2.18. The first-order valence-corrected chi connectivity index (χ1v) is 5.88. The van der Waals surface area contributed by atoms with Crippen LogP contribution in [0.15, 0.2) is 23.2 Å². The van der Waals surface area contributed by atoms with Crippen LogP contribution < -0.4 is 11.1 Å². The summed E-state index contributed by atoms with van der Waals surface area (Å²) in [5.74, 6) is -3.87. The fourth-order valence-corrected chi connectivity index (χ4v) is 1.55. The summed E-state index contributed by atoms with van der Waals surface area (Å²) in [5.41, 5.74) is 5.11. The van der Waals surface area contributed by atoms with Gasteiger partial charge in [0.2, 0.25) is 17.5 Å². The predicted octanol–water partition coefficient (Wildman–Crippen LogP) is -1.39. The molecule has 0 spiro atoms. The molecule has 8 heteroatoms. The Morgan fingerprint density at radius 1 is 1.40 bits per heavy atom. The van der Waals surface area contributed by atoms with Crippen molar-refractivity contribution in [2.75, 3.05) is 6.54 Å². The molecule has 0 saturated carbocycles. The van der Waals surface area contributed by atoms with E-state index in [1.165, 1.54) is 6.92 Å². The molecule has 0 saturated heterocycles. The van der Waals surface area contributed by atoms with Crippen LogP contribution in [-0.2, 0) is 14.4 Å². The van der Waals surface area contributed by atoms with Crippen molar-refractivity contribution in [3.63, 3.8) is 0 Å². The number of carbonyl (C=O) groups is 3. The summed E-state index contributed by atoms with van der Waals surface area (Å²) in [6, 6.07) is -1.12. The minimum absolute atomic E-state index is 0.0784. The van der Waals surface area contributed by atoms with Crippen molar-refractivity contribution in [2.24, 2.45) is 5.73 Å². The lowest BCUT2D eigenvalue weighted by Gasteiger charge is -2.16. The van der Waals surface area contributed by atoms with E-state index in [2.05, 4.69) is 5.32 Å². The zero-order valence-electron chi connectivity index (χ0n) is 10.8. The molecule has 0 unspecified atom stereocenters. The quantitative estimate of drug-likeness (QED) is 0.390. The van der Waals surface area contributed by atoms with Crippen LogP contribution in [0.3, 0.4) is 0 Å². The van der Waals surface area contributed by atoms with Crippen LogP contribution in [0.2, 0.25) is 0 Å². The number of amides is 1. The third-order valence-corrected chi connectivity index (χ3v) is 2.79. The Hall–Kier alpha value is -2.19. The normalized spacial score (nSPS) is 18.6. The average Bonchev–Trinajstić information content (AvgIpc) is 2.39. The molecule has 1 amide bonds. The summed E-state index contributed by atoms with van der Waals surface area (Å²) >= 11 is 0. The SMILES string of the molecule is C[C@@H](O)[C@H](N)C(=O)NCCC1=C(O)C(=O)C=C(O)C1=O. The van der Waals surface area contributed by atoms with E-state index < -0.39 is 41.1 Å². The lowest BCUT2D eigenvalue weighted by molar-refractivity contribution is -0.124. The minimum Gasteiger partial charge on any atom is -0.504 e. The third-order valence-electron chi connectivity index (χ3n) is 2.79. The number of nitrogens with two attached hydrogens (primary N) is 1. The van der Waals surface area contributed by atoms with Crippen LogP contribution in [0.5, 0.6) is 0 Å². The second kappa shape index (κ2) is 6.31. The molecule has 20 heavy (non-hydrogen) atoms. The van der Waals surface area contributed by atoms with Gasteiger partial charge in [-0.25, -0.2) is 0 Å². The van der Waals surface area contributed by atoms with Gasteiger partial charge in [-0.05, 0) is 13.3 Å². The Balaban J connectivity index is 2.62. The van der Waals surface area contributed by atoms with Crippen LogP contribution in [0.4, 0.5) is 0 Å². The number of aliphatic hydroxyl groups excluding tert-OH is 3. The summed E-state index contributed by atoms with van der Waals surface area (Å²) in [6.45, 7) is 1.27. The van der Waals surface area contributed by atoms with Gasteiger partial charge in [0, 0.05) is 12.6 Å². The van der Waals surface area contributed by atoms with Crippen molar-refractivity contribution in [2.45, 2.75) is 25.5 Å². The first-order chi connectivity index (χ1) is 9.25. The van der Waals surface area contributed by atoms with Gasteiger partial charge < -0.3 is 26.4 Å². The number of ketones is 2. The molecular weight excluding hydrogens is 268 g/mol. The van der Waals surface area contributed by atoms with Gasteiger partial charge in [-0.15, -0.1) is 0 Å². The molecule has 1 aliphatic carbocycles. The molecule has 0 heterocycles. The van der Waals surface area contributed by atoms with Crippen molar-refractivity contribution >= 4 is 17.5 Å². The molecule has 1 aliphatic rings. The predicted molar refractivity (Wildman–Crippen MR) is 67.7 cm³/mol. The second-order valence-electron chi connectivity index (χ2n) is 4.36. The van der Waals surface area contributed by atoms with Gasteiger partial charge in [-0.1, -0.05) is 0 Å². The number of Topliss-reactive ketones (excluding diaryl/α,β-unsaturated/α-hetero) is 1. The Bertz CT molecular complexity index is 506. The molecule has 6 N–H and O–H groups in total. The molecule has 1 rings (SSSR count). The largest absolute Gasteiger partial charge is 0.504 e. The number of aliphatic hydroxyl groups is 3. The van der Waals surface area contributed by atoms with E-state index in [-0.39, 0.29) is 18.5 Å². The molecule has 0 bridgehead atoms. The van der Waals surface area contributed by atoms with Crippen LogP contribution in [0.25, 0.3) is 0 Å². The number of nitrogens with one attached hydrogen (secondary N) is 1. The van der Waals surface area contributed by atoms with Crippen LogP contribution in [0, 0.1) is 0 Å². The molecule has 2 atom stereocenters. The number of rotatable bonds is 5. The number of carbonyl (C=O) groups excluding carboxylic acids is 3. The van der Waals surface area contributed by atoms with Crippen molar-refractivity contribution in [3.8, 4) is 0 Å². The van der Waals surface area contributed by atoms with E-state index in [1.54, 1.807) is 0 Å². The highest BCUT2D eigenvalue weighted by molar-refractivity contribution is 6.20. The van der Waals surface area contributed by atoms with Crippen molar-refractivity contribution in [1.82, 2.24) is 5.32 Å². The van der Waals surface area contributed by atoms with E-state index in [1.807, 2.05) is 0 Å². The third kappa shape index (κ3) is 3.43. The standard InChI is InChI=1S/C12H16N2O6/c1-5(15)9(13)12(20)14-3-2-6-10(18)7(16)4-8(17)11(6)19/h4-5,9,15-16,19H,2-3,13H2,1H3,(H,14,20)/t5-,9+/m1/s1. The highest BCUT2D eigenvalue weighted by atomic mass is 16.3. The van der Waals surface area contributed by atoms with Gasteiger partial charge in [0.05, 0.1) is 11.7 Å². The van der Waals surface area contributed by atoms with Gasteiger partial charge in [0.15, 0.2) is 11.5 Å². The molecule has 0 aromatic carbocycles. The first-order valence-electron chi connectivity index (χ1n) is 5.88. The van der Waals surface area contributed by atoms with Gasteiger partial charge in [-0.3, -0.25) is 14.4 Å². The fourth-order valence-electron chi connectivity index (χ4n) is 1.55. The number of hydrogen-bond acceptors (Lipinski definition) is 7.